The fourth-order valence-electron chi connectivity index (χ4n) is 9.07. The Kier molecular flexibility index (Phi) is 51.8. The number of esters is 2. The first kappa shape index (κ1) is 68.0. The average Bonchev–Trinajstić information content (AvgIpc) is 3.33. The van der Waals surface area contributed by atoms with E-state index in [0.29, 0.717) is 17.4 Å². The molecule has 0 aromatic rings. The summed E-state index contributed by atoms with van der Waals surface area (Å²) in [6.45, 7) is 4.94. The van der Waals surface area contributed by atoms with Crippen LogP contribution in [0.5, 0.6) is 0 Å². The summed E-state index contributed by atoms with van der Waals surface area (Å²) >= 11 is 0. The number of quaternary nitrogens is 1. The number of hydrogen-bond donors (Lipinski definition) is 1. The molecule has 0 aliphatic carbocycles. The molecule has 2 atom stereocenters. The molecule has 0 aromatic heterocycles. The van der Waals surface area contributed by atoms with E-state index in [1.807, 2.05) is 21.1 Å². The van der Waals surface area contributed by atoms with E-state index < -0.39 is 18.4 Å². The van der Waals surface area contributed by atoms with Gasteiger partial charge >= 0.3 is 17.9 Å². The number of allylic oxidation sites excluding steroid dienone is 2. The minimum atomic E-state index is -1.51. The van der Waals surface area contributed by atoms with Crippen molar-refractivity contribution in [3.63, 3.8) is 0 Å². The lowest BCUT2D eigenvalue weighted by Crippen LogP contribution is -2.40. The molecule has 0 saturated heterocycles. The fraction of sp³-hybridized carbons (Fsp3) is 0.918. The van der Waals surface area contributed by atoms with Crippen LogP contribution in [-0.4, -0.2) is 87.4 Å². The standard InChI is InChI=1S/C61H117NO8/c1-6-8-10-12-14-16-18-20-22-24-26-28-29-30-31-32-34-36-38-40-42-44-46-48-50-52-59(64)70-57(56-69-61(60(65)66)67-54-53-62(3,4)5)55-68-58(63)51-49-47-45-43-41-39-37-35-33-27-25-23-21-19-17-15-13-11-9-7-2/h24,26,57,61H,6-23,25,27-56H2,1-5H3/p+1/b26-24-. The monoisotopic (exact) mass is 993 g/mol. The van der Waals surface area contributed by atoms with Gasteiger partial charge < -0.3 is 28.5 Å². The van der Waals surface area contributed by atoms with Crippen molar-refractivity contribution < 1.29 is 42.9 Å². The minimum Gasteiger partial charge on any atom is -0.477 e. The Balaban J connectivity index is 4.17. The van der Waals surface area contributed by atoms with Crippen LogP contribution in [-0.2, 0) is 33.3 Å². The van der Waals surface area contributed by atoms with Crippen molar-refractivity contribution in [1.29, 1.82) is 0 Å². The first-order valence-corrected chi connectivity index (χ1v) is 30.4. The minimum absolute atomic E-state index is 0.175. The van der Waals surface area contributed by atoms with E-state index in [1.165, 1.54) is 238 Å². The number of ether oxygens (including phenoxy) is 4. The average molecular weight is 994 g/mol. The first-order valence-electron chi connectivity index (χ1n) is 30.4. The number of carbonyl (C=O) groups excluding carboxylic acids is 2. The largest absolute Gasteiger partial charge is 0.477 e. The van der Waals surface area contributed by atoms with Crippen molar-refractivity contribution in [3.8, 4) is 0 Å². The summed E-state index contributed by atoms with van der Waals surface area (Å²) in [5.74, 6) is -1.98. The molecule has 0 amide bonds. The van der Waals surface area contributed by atoms with Gasteiger partial charge in [-0.15, -0.1) is 0 Å². The fourth-order valence-corrected chi connectivity index (χ4v) is 9.07. The van der Waals surface area contributed by atoms with Crippen molar-refractivity contribution in [1.82, 2.24) is 0 Å². The second-order valence-electron chi connectivity index (χ2n) is 22.0. The third-order valence-corrected chi connectivity index (χ3v) is 13.8. The highest BCUT2D eigenvalue weighted by molar-refractivity contribution is 5.71. The Morgan fingerprint density at radius 1 is 0.414 bits per heavy atom. The van der Waals surface area contributed by atoms with Gasteiger partial charge in [0.15, 0.2) is 6.10 Å². The van der Waals surface area contributed by atoms with Gasteiger partial charge in [-0.05, 0) is 38.5 Å². The SMILES string of the molecule is CCCCCCCCCC/C=C\CCCCCCCCCCCCCCCC(=O)OC(COC(=O)CCCCCCCCCCCCCCCCCCCCCC)COC(OCC[N+](C)(C)C)C(=O)O. The van der Waals surface area contributed by atoms with Crippen molar-refractivity contribution in [3.05, 3.63) is 12.2 Å². The maximum atomic E-state index is 12.9. The molecule has 9 heteroatoms. The van der Waals surface area contributed by atoms with Crippen LogP contribution in [0.25, 0.3) is 0 Å². The zero-order valence-corrected chi connectivity index (χ0v) is 47.2. The van der Waals surface area contributed by atoms with Gasteiger partial charge in [0.25, 0.3) is 6.29 Å². The number of nitrogens with zero attached hydrogens (tertiary/aromatic N) is 1. The van der Waals surface area contributed by atoms with Crippen LogP contribution in [0.15, 0.2) is 12.2 Å². The van der Waals surface area contributed by atoms with E-state index in [1.54, 1.807) is 0 Å². The van der Waals surface area contributed by atoms with E-state index in [9.17, 15) is 19.5 Å². The van der Waals surface area contributed by atoms with Gasteiger partial charge in [0.05, 0.1) is 34.4 Å². The van der Waals surface area contributed by atoms with Crippen molar-refractivity contribution in [2.24, 2.45) is 0 Å². The molecule has 0 heterocycles. The maximum absolute atomic E-state index is 12.9. The Labute approximate surface area is 434 Å². The summed E-state index contributed by atoms with van der Waals surface area (Å²) < 4.78 is 22.9. The maximum Gasteiger partial charge on any atom is 0.361 e. The van der Waals surface area contributed by atoms with Gasteiger partial charge in [-0.3, -0.25) is 9.59 Å². The number of rotatable bonds is 57. The van der Waals surface area contributed by atoms with Gasteiger partial charge in [0.1, 0.15) is 13.2 Å². The molecule has 0 spiro atoms. The quantitative estimate of drug-likeness (QED) is 0.0211. The van der Waals surface area contributed by atoms with Crippen LogP contribution < -0.4 is 0 Å². The van der Waals surface area contributed by atoms with Crippen molar-refractivity contribution in [2.75, 3.05) is 47.5 Å². The van der Waals surface area contributed by atoms with Crippen molar-refractivity contribution in [2.45, 2.75) is 315 Å². The summed E-state index contributed by atoms with van der Waals surface area (Å²) in [5, 5.41) is 9.71. The molecule has 0 bridgehead atoms. The molecule has 70 heavy (non-hydrogen) atoms. The van der Waals surface area contributed by atoms with Crippen LogP contribution in [0.2, 0.25) is 0 Å². The number of carbonyl (C=O) groups is 3. The van der Waals surface area contributed by atoms with Gasteiger partial charge in [0.2, 0.25) is 0 Å². The van der Waals surface area contributed by atoms with E-state index >= 15 is 0 Å². The highest BCUT2D eigenvalue weighted by Crippen LogP contribution is 2.18. The van der Waals surface area contributed by atoms with Gasteiger partial charge in [-0.2, -0.15) is 0 Å². The third-order valence-electron chi connectivity index (χ3n) is 13.8. The van der Waals surface area contributed by atoms with E-state index in [4.69, 9.17) is 18.9 Å². The molecule has 0 aromatic carbocycles. The zero-order chi connectivity index (χ0) is 51.3. The molecule has 1 N–H and O–H groups in total. The van der Waals surface area contributed by atoms with Crippen LogP contribution in [0, 0.1) is 0 Å². The van der Waals surface area contributed by atoms with Gasteiger partial charge in [0, 0.05) is 12.8 Å². The lowest BCUT2D eigenvalue weighted by Gasteiger charge is -2.25. The molecule has 0 rings (SSSR count). The molecular formula is C61H118NO8+. The Morgan fingerprint density at radius 2 is 0.729 bits per heavy atom. The van der Waals surface area contributed by atoms with Gasteiger partial charge in [-0.1, -0.05) is 264 Å². The molecule has 0 saturated carbocycles. The lowest BCUT2D eigenvalue weighted by molar-refractivity contribution is -0.870. The first-order chi connectivity index (χ1) is 34.1. The van der Waals surface area contributed by atoms with Gasteiger partial charge in [-0.25, -0.2) is 4.79 Å². The molecular weight excluding hydrogens is 875 g/mol. The zero-order valence-electron chi connectivity index (χ0n) is 47.2. The van der Waals surface area contributed by atoms with E-state index in [0.717, 1.165) is 38.5 Å². The summed E-state index contributed by atoms with van der Waals surface area (Å²) in [7, 11) is 5.98. The second-order valence-corrected chi connectivity index (χ2v) is 22.0. The number of carboxylic acid groups (broad SMARTS) is 1. The second kappa shape index (κ2) is 53.3. The number of hydrogen-bond acceptors (Lipinski definition) is 7. The summed E-state index contributed by atoms with van der Waals surface area (Å²) in [6.07, 6.45) is 58.6. The lowest BCUT2D eigenvalue weighted by atomic mass is 10.0. The normalized spacial score (nSPS) is 12.8. The molecule has 0 fully saturated rings. The molecule has 2 unspecified atom stereocenters. The van der Waals surface area contributed by atoms with E-state index in [2.05, 4.69) is 26.0 Å². The van der Waals surface area contributed by atoms with Crippen LogP contribution in [0.3, 0.4) is 0 Å². The number of aliphatic carboxylic acids is 1. The molecule has 414 valence electrons. The number of unbranched alkanes of at least 4 members (excludes halogenated alkanes) is 40. The number of carboxylic acids is 1. The molecule has 0 aliphatic heterocycles. The predicted molar refractivity (Wildman–Crippen MR) is 295 cm³/mol. The summed E-state index contributed by atoms with van der Waals surface area (Å²) in [4.78, 5) is 37.4. The van der Waals surface area contributed by atoms with Crippen LogP contribution in [0.4, 0.5) is 0 Å². The smallest absolute Gasteiger partial charge is 0.361 e. The highest BCUT2D eigenvalue weighted by Gasteiger charge is 2.25. The van der Waals surface area contributed by atoms with Crippen molar-refractivity contribution >= 4 is 17.9 Å². The number of likely N-dealkylation sites (N-methyl/N-ethyl adjacent to an activating group) is 1. The summed E-state index contributed by atoms with van der Waals surface area (Å²) in [5.41, 5.74) is 0. The Bertz CT molecular complexity index is 1150. The molecule has 9 nitrogen and oxygen atoms in total. The topological polar surface area (TPSA) is 108 Å². The Hall–Kier alpha value is -1.97. The van der Waals surface area contributed by atoms with E-state index in [-0.39, 0.29) is 38.2 Å². The highest BCUT2D eigenvalue weighted by atomic mass is 16.7. The summed E-state index contributed by atoms with van der Waals surface area (Å²) in [6, 6.07) is 0. The molecule has 0 radical (unpaired) electrons. The van der Waals surface area contributed by atoms with Crippen LogP contribution >= 0.6 is 0 Å². The predicted octanol–water partition coefficient (Wildman–Crippen LogP) is 17.7. The van der Waals surface area contributed by atoms with Crippen LogP contribution in [0.1, 0.15) is 303 Å². The molecule has 0 aliphatic rings. The third kappa shape index (κ3) is 53.8. The Morgan fingerprint density at radius 3 is 1.06 bits per heavy atom.